The smallest absolute Gasteiger partial charge is 0.361 e. The van der Waals surface area contributed by atoms with E-state index in [0.29, 0.717) is 10.6 Å². The zero-order valence-electron chi connectivity index (χ0n) is 10.5. The Kier molecular flexibility index (Phi) is 4.39. The molecule has 19 heavy (non-hydrogen) atoms. The van der Waals surface area contributed by atoms with Crippen LogP contribution in [-0.2, 0) is 14.4 Å². The highest BCUT2D eigenvalue weighted by Crippen LogP contribution is 2.29. The molecular formula is C13H12ClNO3S. The second-order valence-corrected chi connectivity index (χ2v) is 4.98. The number of nitrogens with zero attached hydrogens (tertiary/aromatic N) is 1. The van der Waals surface area contributed by atoms with E-state index in [9.17, 15) is 4.79 Å². The minimum Gasteiger partial charge on any atom is -0.461 e. The van der Waals surface area contributed by atoms with Crippen LogP contribution in [0.4, 0.5) is 0 Å². The fourth-order valence-electron chi connectivity index (χ4n) is 1.67. The molecule has 0 saturated heterocycles. The average Bonchev–Trinajstić information content (AvgIpc) is 2.79. The summed E-state index contributed by atoms with van der Waals surface area (Å²) in [7, 11) is 1.39. The lowest BCUT2D eigenvalue weighted by Crippen LogP contribution is -2.18. The predicted molar refractivity (Wildman–Crippen MR) is 77.0 cm³/mol. The molecule has 0 aliphatic rings. The molecule has 1 aromatic heterocycles. The Labute approximate surface area is 119 Å². The first-order chi connectivity index (χ1) is 9.17. The Hall–Kier alpha value is -1.59. The molecule has 0 unspecified atom stereocenters. The Morgan fingerprint density at radius 1 is 1.47 bits per heavy atom. The highest BCUT2D eigenvalue weighted by Gasteiger charge is 2.20. The van der Waals surface area contributed by atoms with E-state index in [4.69, 9.17) is 21.2 Å². The van der Waals surface area contributed by atoms with Crippen molar-refractivity contribution in [1.82, 2.24) is 0 Å². The third kappa shape index (κ3) is 2.88. The number of carbonyl (C=O) groups excluding carboxylic acids is 1. The van der Waals surface area contributed by atoms with Crippen molar-refractivity contribution in [1.29, 1.82) is 0 Å². The van der Waals surface area contributed by atoms with Crippen LogP contribution in [0.5, 0.6) is 0 Å². The Balaban J connectivity index is 2.53. The summed E-state index contributed by atoms with van der Waals surface area (Å²) in [5, 5.41) is 7.08. The van der Waals surface area contributed by atoms with Gasteiger partial charge >= 0.3 is 5.97 Å². The van der Waals surface area contributed by atoms with Gasteiger partial charge in [0.2, 0.25) is 0 Å². The average molecular weight is 298 g/mol. The summed E-state index contributed by atoms with van der Waals surface area (Å²) < 4.78 is 6.00. The van der Waals surface area contributed by atoms with Crippen molar-refractivity contribution in [3.63, 3.8) is 0 Å². The lowest BCUT2D eigenvalue weighted by Gasteiger charge is -2.04. The van der Waals surface area contributed by atoms with Gasteiger partial charge in [0.15, 0.2) is 5.71 Å². The summed E-state index contributed by atoms with van der Waals surface area (Å²) in [5.41, 5.74) is 0.820. The maximum absolute atomic E-state index is 11.9. The van der Waals surface area contributed by atoms with Crippen LogP contribution in [0.3, 0.4) is 0 Å². The van der Waals surface area contributed by atoms with Crippen molar-refractivity contribution in [3.8, 4) is 0 Å². The predicted octanol–water partition coefficient (Wildman–Crippen LogP) is 3.47. The Morgan fingerprint density at radius 2 is 2.26 bits per heavy atom. The molecule has 0 atom stereocenters. The highest BCUT2D eigenvalue weighted by atomic mass is 35.5. The highest BCUT2D eigenvalue weighted by molar-refractivity contribution is 7.17. The number of fused-ring (bicyclic) bond motifs is 1. The van der Waals surface area contributed by atoms with E-state index in [2.05, 4.69) is 5.16 Å². The number of hydrogen-bond acceptors (Lipinski definition) is 5. The molecule has 0 aliphatic heterocycles. The SMILES string of the molecule is CCOC(=O)C(=NOC)c1csc2ccc(Cl)cc12. The molecule has 0 fully saturated rings. The molecule has 6 heteroatoms. The molecule has 0 bridgehead atoms. The van der Waals surface area contributed by atoms with Crippen molar-refractivity contribution in [2.45, 2.75) is 6.92 Å². The van der Waals surface area contributed by atoms with Crippen molar-refractivity contribution < 1.29 is 14.4 Å². The fourth-order valence-corrected chi connectivity index (χ4v) is 2.77. The first-order valence-corrected chi connectivity index (χ1v) is 6.88. The first-order valence-electron chi connectivity index (χ1n) is 5.62. The molecule has 2 rings (SSSR count). The number of halogens is 1. The maximum atomic E-state index is 11.9. The summed E-state index contributed by atoms with van der Waals surface area (Å²) in [6, 6.07) is 5.51. The van der Waals surface area contributed by atoms with Gasteiger partial charge in [-0.3, -0.25) is 0 Å². The third-order valence-electron chi connectivity index (χ3n) is 2.44. The quantitative estimate of drug-likeness (QED) is 0.493. The van der Waals surface area contributed by atoms with Crippen LogP contribution < -0.4 is 0 Å². The van der Waals surface area contributed by atoms with E-state index in [1.54, 1.807) is 13.0 Å². The topological polar surface area (TPSA) is 47.9 Å². The third-order valence-corrected chi connectivity index (χ3v) is 3.64. The van der Waals surface area contributed by atoms with Gasteiger partial charge in [-0.2, -0.15) is 0 Å². The lowest BCUT2D eigenvalue weighted by atomic mass is 10.1. The van der Waals surface area contributed by atoms with Crippen LogP contribution in [0.2, 0.25) is 5.02 Å². The van der Waals surface area contributed by atoms with Gasteiger partial charge in [-0.15, -0.1) is 11.3 Å². The van der Waals surface area contributed by atoms with E-state index in [0.717, 1.165) is 10.1 Å². The van der Waals surface area contributed by atoms with Crippen LogP contribution in [0.15, 0.2) is 28.7 Å². The minimum atomic E-state index is -0.510. The normalized spacial score (nSPS) is 11.6. The summed E-state index contributed by atoms with van der Waals surface area (Å²) in [6.07, 6.45) is 0. The van der Waals surface area contributed by atoms with Gasteiger partial charge < -0.3 is 9.57 Å². The van der Waals surface area contributed by atoms with Crippen molar-refractivity contribution >= 4 is 44.7 Å². The van der Waals surface area contributed by atoms with E-state index >= 15 is 0 Å². The molecule has 1 aromatic carbocycles. The largest absolute Gasteiger partial charge is 0.461 e. The lowest BCUT2D eigenvalue weighted by molar-refractivity contribution is -0.135. The van der Waals surface area contributed by atoms with Gasteiger partial charge in [0.1, 0.15) is 7.11 Å². The van der Waals surface area contributed by atoms with Gasteiger partial charge in [-0.25, -0.2) is 4.79 Å². The number of oxime groups is 1. The van der Waals surface area contributed by atoms with Crippen LogP contribution in [-0.4, -0.2) is 25.4 Å². The molecule has 0 spiro atoms. The van der Waals surface area contributed by atoms with Gasteiger partial charge in [-0.05, 0) is 25.1 Å². The van der Waals surface area contributed by atoms with E-state index in [1.165, 1.54) is 18.4 Å². The minimum absolute atomic E-state index is 0.151. The summed E-state index contributed by atoms with van der Waals surface area (Å²) in [6.45, 7) is 2.02. The number of benzene rings is 1. The van der Waals surface area contributed by atoms with Gasteiger partial charge in [0.25, 0.3) is 0 Å². The number of hydrogen-bond donors (Lipinski definition) is 0. The standard InChI is InChI=1S/C13H12ClNO3S/c1-3-18-13(16)12(15-17-2)10-7-19-11-5-4-8(14)6-9(10)11/h4-7H,3H2,1-2H3. The van der Waals surface area contributed by atoms with Gasteiger partial charge in [0, 0.05) is 26.1 Å². The van der Waals surface area contributed by atoms with Gasteiger partial charge in [0.05, 0.1) is 6.61 Å². The van der Waals surface area contributed by atoms with Crippen LogP contribution in [0, 0.1) is 0 Å². The number of thiophene rings is 1. The van der Waals surface area contributed by atoms with E-state index < -0.39 is 5.97 Å². The van der Waals surface area contributed by atoms with Gasteiger partial charge in [-0.1, -0.05) is 16.8 Å². The second kappa shape index (κ2) is 6.04. The summed E-state index contributed by atoms with van der Waals surface area (Å²) in [4.78, 5) is 16.6. The molecule has 1 heterocycles. The molecule has 0 aliphatic carbocycles. The van der Waals surface area contributed by atoms with Crippen LogP contribution in [0.1, 0.15) is 12.5 Å². The van der Waals surface area contributed by atoms with Crippen molar-refractivity contribution in [2.75, 3.05) is 13.7 Å². The molecule has 0 amide bonds. The van der Waals surface area contributed by atoms with E-state index in [1.807, 2.05) is 17.5 Å². The number of esters is 1. The molecule has 100 valence electrons. The Bertz CT molecular complexity index is 636. The number of ether oxygens (including phenoxy) is 1. The molecule has 0 radical (unpaired) electrons. The zero-order chi connectivity index (χ0) is 13.8. The summed E-state index contributed by atoms with van der Waals surface area (Å²) in [5.74, 6) is -0.510. The second-order valence-electron chi connectivity index (χ2n) is 3.63. The summed E-state index contributed by atoms with van der Waals surface area (Å²) >= 11 is 7.50. The van der Waals surface area contributed by atoms with Crippen LogP contribution in [0.25, 0.3) is 10.1 Å². The zero-order valence-corrected chi connectivity index (χ0v) is 12.0. The molecule has 0 saturated carbocycles. The number of rotatable bonds is 4. The monoisotopic (exact) mass is 297 g/mol. The first kappa shape index (κ1) is 13.8. The Morgan fingerprint density at radius 3 is 2.95 bits per heavy atom. The molecule has 4 nitrogen and oxygen atoms in total. The maximum Gasteiger partial charge on any atom is 0.361 e. The van der Waals surface area contributed by atoms with Crippen molar-refractivity contribution in [2.24, 2.45) is 5.16 Å². The van der Waals surface area contributed by atoms with Crippen LogP contribution >= 0.6 is 22.9 Å². The molecule has 0 N–H and O–H groups in total. The van der Waals surface area contributed by atoms with Crippen molar-refractivity contribution in [3.05, 3.63) is 34.2 Å². The number of carbonyl (C=O) groups is 1. The fraction of sp³-hybridized carbons (Fsp3) is 0.231. The molecule has 2 aromatic rings. The van der Waals surface area contributed by atoms with E-state index in [-0.39, 0.29) is 12.3 Å². The molecular weight excluding hydrogens is 286 g/mol.